The Balaban J connectivity index is 2.70. The van der Waals surface area contributed by atoms with Crippen molar-refractivity contribution in [3.63, 3.8) is 0 Å². The molecule has 18 heavy (non-hydrogen) atoms. The van der Waals surface area contributed by atoms with Gasteiger partial charge in [0.1, 0.15) is 6.04 Å². The molecule has 1 unspecified atom stereocenters. The Morgan fingerprint density at radius 3 is 2.72 bits per heavy atom. The van der Waals surface area contributed by atoms with E-state index in [0.717, 1.165) is 3.57 Å². The van der Waals surface area contributed by atoms with E-state index in [4.69, 9.17) is 16.3 Å². The fourth-order valence-electron chi connectivity index (χ4n) is 1.24. The smallest absolute Gasteiger partial charge is 0.328 e. The quantitative estimate of drug-likeness (QED) is 0.644. The SMILES string of the molecule is CCOC(=O)C(C)NC(=O)c1ccc(Cl)c(I)c1. The maximum atomic E-state index is 11.9. The van der Waals surface area contributed by atoms with Crippen LogP contribution in [-0.4, -0.2) is 24.5 Å². The van der Waals surface area contributed by atoms with E-state index in [2.05, 4.69) is 5.32 Å². The van der Waals surface area contributed by atoms with Gasteiger partial charge in [0.15, 0.2) is 0 Å². The lowest BCUT2D eigenvalue weighted by Crippen LogP contribution is -2.39. The second kappa shape index (κ2) is 6.94. The van der Waals surface area contributed by atoms with Gasteiger partial charge in [-0.15, -0.1) is 0 Å². The van der Waals surface area contributed by atoms with Gasteiger partial charge >= 0.3 is 5.97 Å². The summed E-state index contributed by atoms with van der Waals surface area (Å²) in [6.07, 6.45) is 0. The monoisotopic (exact) mass is 381 g/mol. The second-order valence-corrected chi connectivity index (χ2v) is 5.15. The van der Waals surface area contributed by atoms with Gasteiger partial charge in [-0.3, -0.25) is 4.79 Å². The van der Waals surface area contributed by atoms with Crippen LogP contribution in [0.1, 0.15) is 24.2 Å². The molecule has 0 heterocycles. The normalized spacial score (nSPS) is 11.8. The molecular weight excluding hydrogens is 368 g/mol. The van der Waals surface area contributed by atoms with E-state index in [1.54, 1.807) is 32.0 Å². The highest BCUT2D eigenvalue weighted by molar-refractivity contribution is 14.1. The number of ether oxygens (including phenoxy) is 1. The fourth-order valence-corrected chi connectivity index (χ4v) is 1.88. The minimum atomic E-state index is -0.675. The molecule has 0 saturated carbocycles. The lowest BCUT2D eigenvalue weighted by molar-refractivity contribution is -0.144. The Bertz CT molecular complexity index is 465. The van der Waals surface area contributed by atoms with Gasteiger partial charge in [-0.25, -0.2) is 4.79 Å². The standard InChI is InChI=1S/C12H13ClINO3/c1-3-18-12(17)7(2)15-11(16)8-4-5-9(13)10(14)6-8/h4-7H,3H2,1-2H3,(H,15,16). The third kappa shape index (κ3) is 4.13. The molecule has 0 saturated heterocycles. The summed E-state index contributed by atoms with van der Waals surface area (Å²) >= 11 is 7.91. The van der Waals surface area contributed by atoms with Crippen molar-refractivity contribution in [2.45, 2.75) is 19.9 Å². The van der Waals surface area contributed by atoms with E-state index in [9.17, 15) is 9.59 Å². The zero-order valence-corrected chi connectivity index (χ0v) is 12.9. The number of esters is 1. The van der Waals surface area contributed by atoms with E-state index in [1.165, 1.54) is 0 Å². The second-order valence-electron chi connectivity index (χ2n) is 3.58. The average molecular weight is 382 g/mol. The molecule has 1 aromatic rings. The fraction of sp³-hybridized carbons (Fsp3) is 0.333. The summed E-state index contributed by atoms with van der Waals surface area (Å²) in [7, 11) is 0. The van der Waals surface area contributed by atoms with Crippen LogP contribution < -0.4 is 5.32 Å². The molecule has 1 N–H and O–H groups in total. The average Bonchev–Trinajstić information content (AvgIpc) is 2.32. The van der Waals surface area contributed by atoms with E-state index in [0.29, 0.717) is 10.6 Å². The van der Waals surface area contributed by atoms with Crippen molar-refractivity contribution in [1.82, 2.24) is 5.32 Å². The van der Waals surface area contributed by atoms with Gasteiger partial charge < -0.3 is 10.1 Å². The molecule has 98 valence electrons. The van der Waals surface area contributed by atoms with Gasteiger partial charge in [-0.05, 0) is 54.6 Å². The van der Waals surface area contributed by atoms with Crippen LogP contribution in [0.2, 0.25) is 5.02 Å². The molecule has 0 radical (unpaired) electrons. The molecule has 6 heteroatoms. The zero-order valence-electron chi connectivity index (χ0n) is 10.00. The highest BCUT2D eigenvalue weighted by Crippen LogP contribution is 2.19. The minimum absolute atomic E-state index is 0.290. The van der Waals surface area contributed by atoms with E-state index in [-0.39, 0.29) is 12.5 Å². The number of hydrogen-bond acceptors (Lipinski definition) is 3. The predicted octanol–water partition coefficient (Wildman–Crippen LogP) is 2.63. The summed E-state index contributed by atoms with van der Waals surface area (Å²) in [6, 6.07) is 4.24. The number of carbonyl (C=O) groups is 2. The van der Waals surface area contributed by atoms with Crippen LogP contribution in [0.4, 0.5) is 0 Å². The van der Waals surface area contributed by atoms with Crippen molar-refractivity contribution in [2.24, 2.45) is 0 Å². The first-order chi connectivity index (χ1) is 8.45. The Labute approximate surface area is 124 Å². The Hall–Kier alpha value is -0.820. The molecule has 0 bridgehead atoms. The molecule has 0 aliphatic rings. The topological polar surface area (TPSA) is 55.4 Å². The first kappa shape index (κ1) is 15.2. The third-order valence-electron chi connectivity index (χ3n) is 2.17. The highest BCUT2D eigenvalue weighted by atomic mass is 127. The van der Waals surface area contributed by atoms with Crippen LogP contribution in [0.25, 0.3) is 0 Å². The van der Waals surface area contributed by atoms with Crippen molar-refractivity contribution >= 4 is 46.1 Å². The Kier molecular flexibility index (Phi) is 5.87. The molecule has 1 amide bonds. The van der Waals surface area contributed by atoms with Crippen LogP contribution in [0.3, 0.4) is 0 Å². The van der Waals surface area contributed by atoms with E-state index < -0.39 is 12.0 Å². The lowest BCUT2D eigenvalue weighted by Gasteiger charge is -2.12. The van der Waals surface area contributed by atoms with Crippen molar-refractivity contribution in [3.8, 4) is 0 Å². The molecular formula is C12H13ClINO3. The number of halogens is 2. The van der Waals surface area contributed by atoms with E-state index in [1.807, 2.05) is 22.6 Å². The van der Waals surface area contributed by atoms with Crippen molar-refractivity contribution in [2.75, 3.05) is 6.61 Å². The molecule has 4 nitrogen and oxygen atoms in total. The summed E-state index contributed by atoms with van der Waals surface area (Å²) in [6.45, 7) is 3.59. The highest BCUT2D eigenvalue weighted by Gasteiger charge is 2.17. The summed E-state index contributed by atoms with van der Waals surface area (Å²) in [5, 5.41) is 3.16. The molecule has 0 aliphatic carbocycles. The predicted molar refractivity (Wildman–Crippen MR) is 77.7 cm³/mol. The molecule has 1 rings (SSSR count). The van der Waals surface area contributed by atoms with Crippen LogP contribution >= 0.6 is 34.2 Å². The maximum Gasteiger partial charge on any atom is 0.328 e. The van der Waals surface area contributed by atoms with Gasteiger partial charge in [0, 0.05) is 9.13 Å². The number of nitrogens with one attached hydrogen (secondary N) is 1. The zero-order chi connectivity index (χ0) is 13.7. The van der Waals surface area contributed by atoms with Crippen molar-refractivity contribution in [1.29, 1.82) is 0 Å². The minimum Gasteiger partial charge on any atom is -0.464 e. The Morgan fingerprint density at radius 2 is 2.17 bits per heavy atom. The molecule has 1 aromatic carbocycles. The van der Waals surface area contributed by atoms with Crippen LogP contribution in [0.5, 0.6) is 0 Å². The first-order valence-corrected chi connectivity index (χ1v) is 6.84. The maximum absolute atomic E-state index is 11.9. The first-order valence-electron chi connectivity index (χ1n) is 5.38. The third-order valence-corrected chi connectivity index (χ3v) is 3.71. The van der Waals surface area contributed by atoms with Gasteiger partial charge in [0.2, 0.25) is 0 Å². The molecule has 0 spiro atoms. The van der Waals surface area contributed by atoms with Crippen LogP contribution in [0.15, 0.2) is 18.2 Å². The number of rotatable bonds is 4. The lowest BCUT2D eigenvalue weighted by atomic mass is 10.2. The summed E-state index contributed by atoms with van der Waals surface area (Å²) in [5.74, 6) is -0.778. The summed E-state index contributed by atoms with van der Waals surface area (Å²) in [4.78, 5) is 23.2. The largest absolute Gasteiger partial charge is 0.464 e. The van der Waals surface area contributed by atoms with E-state index >= 15 is 0 Å². The number of amides is 1. The number of carbonyl (C=O) groups excluding carboxylic acids is 2. The molecule has 0 aliphatic heterocycles. The molecule has 0 fully saturated rings. The van der Waals surface area contributed by atoms with Crippen LogP contribution in [0, 0.1) is 3.57 Å². The molecule has 0 aromatic heterocycles. The van der Waals surface area contributed by atoms with Crippen molar-refractivity contribution in [3.05, 3.63) is 32.4 Å². The van der Waals surface area contributed by atoms with Gasteiger partial charge in [0.25, 0.3) is 5.91 Å². The van der Waals surface area contributed by atoms with Gasteiger partial charge in [-0.1, -0.05) is 11.6 Å². The number of hydrogen-bond donors (Lipinski definition) is 1. The molecule has 1 atom stereocenters. The number of benzene rings is 1. The van der Waals surface area contributed by atoms with Gasteiger partial charge in [-0.2, -0.15) is 0 Å². The Morgan fingerprint density at radius 1 is 1.50 bits per heavy atom. The van der Waals surface area contributed by atoms with Gasteiger partial charge in [0.05, 0.1) is 11.6 Å². The summed E-state index contributed by atoms with van der Waals surface area (Å²) in [5.41, 5.74) is 0.458. The summed E-state index contributed by atoms with van der Waals surface area (Å²) < 4.78 is 5.59. The van der Waals surface area contributed by atoms with Crippen LogP contribution in [-0.2, 0) is 9.53 Å². The van der Waals surface area contributed by atoms with Crippen molar-refractivity contribution < 1.29 is 14.3 Å².